The normalized spacial score (nSPS) is 15.1. The SMILES string of the molecule is CCNC(C(C)C)C(C)c1cccc(Cl)c1. The van der Waals surface area contributed by atoms with Crippen molar-refractivity contribution in [3.8, 4) is 0 Å². The lowest BCUT2D eigenvalue weighted by molar-refractivity contribution is 0.360. The molecule has 0 saturated carbocycles. The number of benzene rings is 1. The van der Waals surface area contributed by atoms with Crippen LogP contribution in [-0.2, 0) is 0 Å². The first-order valence-corrected chi connectivity index (χ1v) is 6.43. The van der Waals surface area contributed by atoms with Crippen molar-refractivity contribution >= 4 is 11.6 Å². The van der Waals surface area contributed by atoms with Crippen LogP contribution >= 0.6 is 11.6 Å². The summed E-state index contributed by atoms with van der Waals surface area (Å²) in [6, 6.07) is 8.68. The quantitative estimate of drug-likeness (QED) is 0.817. The molecule has 1 rings (SSSR count). The molecular weight excluding hydrogens is 218 g/mol. The van der Waals surface area contributed by atoms with E-state index in [-0.39, 0.29) is 0 Å². The maximum atomic E-state index is 6.03. The van der Waals surface area contributed by atoms with Gasteiger partial charge in [0.25, 0.3) is 0 Å². The van der Waals surface area contributed by atoms with Gasteiger partial charge in [0.05, 0.1) is 0 Å². The van der Waals surface area contributed by atoms with Gasteiger partial charge in [-0.2, -0.15) is 0 Å². The third-order valence-corrected chi connectivity index (χ3v) is 3.31. The zero-order valence-electron chi connectivity index (χ0n) is 10.6. The molecule has 0 radical (unpaired) electrons. The fourth-order valence-electron chi connectivity index (χ4n) is 2.22. The van der Waals surface area contributed by atoms with Gasteiger partial charge in [-0.25, -0.2) is 0 Å². The minimum atomic E-state index is 0.485. The van der Waals surface area contributed by atoms with Crippen LogP contribution in [0.4, 0.5) is 0 Å². The predicted molar refractivity (Wildman–Crippen MR) is 72.2 cm³/mol. The average Bonchev–Trinajstić information content (AvgIpc) is 2.24. The van der Waals surface area contributed by atoms with Crippen LogP contribution in [0.2, 0.25) is 5.02 Å². The molecule has 0 amide bonds. The summed E-state index contributed by atoms with van der Waals surface area (Å²) in [6.07, 6.45) is 0. The Kier molecular flexibility index (Phi) is 5.30. The first-order chi connectivity index (χ1) is 7.56. The summed E-state index contributed by atoms with van der Waals surface area (Å²) in [7, 11) is 0. The van der Waals surface area contributed by atoms with E-state index in [2.05, 4.69) is 45.1 Å². The van der Waals surface area contributed by atoms with Gasteiger partial charge in [0, 0.05) is 11.1 Å². The van der Waals surface area contributed by atoms with Crippen LogP contribution in [0.25, 0.3) is 0 Å². The lowest BCUT2D eigenvalue weighted by atomic mass is 9.86. The second-order valence-corrected chi connectivity index (χ2v) is 5.11. The third-order valence-electron chi connectivity index (χ3n) is 3.07. The number of likely N-dealkylation sites (N-methyl/N-ethyl adjacent to an activating group) is 1. The fourth-order valence-corrected chi connectivity index (χ4v) is 2.42. The van der Waals surface area contributed by atoms with Crippen LogP contribution in [0.1, 0.15) is 39.2 Å². The van der Waals surface area contributed by atoms with E-state index in [1.165, 1.54) is 5.56 Å². The van der Waals surface area contributed by atoms with E-state index in [1.54, 1.807) is 0 Å². The van der Waals surface area contributed by atoms with Crippen LogP contribution in [-0.4, -0.2) is 12.6 Å². The number of hydrogen-bond acceptors (Lipinski definition) is 1. The van der Waals surface area contributed by atoms with E-state index in [0.29, 0.717) is 17.9 Å². The number of rotatable bonds is 5. The summed E-state index contributed by atoms with van der Waals surface area (Å²) < 4.78 is 0. The smallest absolute Gasteiger partial charge is 0.0408 e. The zero-order chi connectivity index (χ0) is 12.1. The highest BCUT2D eigenvalue weighted by molar-refractivity contribution is 6.30. The minimum Gasteiger partial charge on any atom is -0.313 e. The third kappa shape index (κ3) is 3.50. The van der Waals surface area contributed by atoms with Crippen LogP contribution in [0, 0.1) is 5.92 Å². The van der Waals surface area contributed by atoms with Gasteiger partial charge in [0.15, 0.2) is 0 Å². The fraction of sp³-hybridized carbons (Fsp3) is 0.571. The first kappa shape index (κ1) is 13.5. The largest absolute Gasteiger partial charge is 0.313 e. The topological polar surface area (TPSA) is 12.0 Å². The van der Waals surface area contributed by atoms with Crippen molar-refractivity contribution in [2.45, 2.75) is 39.7 Å². The van der Waals surface area contributed by atoms with Crippen molar-refractivity contribution < 1.29 is 0 Å². The molecule has 1 aromatic rings. The monoisotopic (exact) mass is 239 g/mol. The lowest BCUT2D eigenvalue weighted by Gasteiger charge is -2.28. The summed E-state index contributed by atoms with van der Waals surface area (Å²) in [4.78, 5) is 0. The van der Waals surface area contributed by atoms with Crippen LogP contribution in [0.15, 0.2) is 24.3 Å². The Hall–Kier alpha value is -0.530. The molecule has 0 aliphatic carbocycles. The molecule has 2 atom stereocenters. The summed E-state index contributed by atoms with van der Waals surface area (Å²) >= 11 is 6.03. The second-order valence-electron chi connectivity index (χ2n) is 4.67. The van der Waals surface area contributed by atoms with Gasteiger partial charge in [-0.15, -0.1) is 0 Å². The molecule has 0 fully saturated rings. The average molecular weight is 240 g/mol. The summed E-state index contributed by atoms with van der Waals surface area (Å²) in [5.74, 6) is 1.10. The minimum absolute atomic E-state index is 0.485. The highest BCUT2D eigenvalue weighted by atomic mass is 35.5. The van der Waals surface area contributed by atoms with Gasteiger partial charge < -0.3 is 5.32 Å². The molecule has 2 heteroatoms. The van der Waals surface area contributed by atoms with Crippen LogP contribution in [0.5, 0.6) is 0 Å². The maximum Gasteiger partial charge on any atom is 0.0408 e. The van der Waals surface area contributed by atoms with Crippen LogP contribution in [0.3, 0.4) is 0 Å². The summed E-state index contributed by atoms with van der Waals surface area (Å²) in [6.45, 7) is 9.94. The molecule has 2 unspecified atom stereocenters. The predicted octanol–water partition coefficient (Wildman–Crippen LogP) is 4.08. The highest BCUT2D eigenvalue weighted by Gasteiger charge is 2.21. The number of hydrogen-bond donors (Lipinski definition) is 1. The van der Waals surface area contributed by atoms with E-state index in [4.69, 9.17) is 11.6 Å². The van der Waals surface area contributed by atoms with E-state index in [0.717, 1.165) is 11.6 Å². The van der Waals surface area contributed by atoms with Gasteiger partial charge in [-0.05, 0) is 36.1 Å². The number of nitrogens with one attached hydrogen (secondary N) is 1. The molecule has 0 spiro atoms. The van der Waals surface area contributed by atoms with Crippen molar-refractivity contribution in [1.29, 1.82) is 0 Å². The van der Waals surface area contributed by atoms with Crippen molar-refractivity contribution in [2.24, 2.45) is 5.92 Å². The molecule has 90 valence electrons. The molecule has 1 nitrogen and oxygen atoms in total. The van der Waals surface area contributed by atoms with Crippen molar-refractivity contribution in [1.82, 2.24) is 5.32 Å². The van der Waals surface area contributed by atoms with Crippen LogP contribution < -0.4 is 5.32 Å². The highest BCUT2D eigenvalue weighted by Crippen LogP contribution is 2.25. The van der Waals surface area contributed by atoms with Gasteiger partial charge in [0.2, 0.25) is 0 Å². The van der Waals surface area contributed by atoms with Crippen molar-refractivity contribution in [3.05, 3.63) is 34.9 Å². The van der Waals surface area contributed by atoms with Crippen molar-refractivity contribution in [3.63, 3.8) is 0 Å². The Bertz CT molecular complexity index is 322. The second kappa shape index (κ2) is 6.27. The molecule has 1 aromatic carbocycles. The molecule has 0 heterocycles. The number of halogens is 1. The first-order valence-electron chi connectivity index (χ1n) is 6.05. The van der Waals surface area contributed by atoms with E-state index < -0.39 is 0 Å². The Morgan fingerprint density at radius 3 is 2.44 bits per heavy atom. The lowest BCUT2D eigenvalue weighted by Crippen LogP contribution is -2.38. The molecule has 0 aliphatic rings. The molecule has 16 heavy (non-hydrogen) atoms. The summed E-state index contributed by atoms with van der Waals surface area (Å²) in [5, 5.41) is 4.38. The van der Waals surface area contributed by atoms with Gasteiger partial charge in [-0.1, -0.05) is 51.4 Å². The Labute approximate surface area is 104 Å². The van der Waals surface area contributed by atoms with Gasteiger partial charge in [0.1, 0.15) is 0 Å². The molecular formula is C14H22ClN. The zero-order valence-corrected chi connectivity index (χ0v) is 11.4. The standard InChI is InChI=1S/C14H22ClN/c1-5-16-14(10(2)3)11(4)12-7-6-8-13(15)9-12/h6-11,14,16H,5H2,1-4H3. The Balaban J connectivity index is 2.85. The van der Waals surface area contributed by atoms with Gasteiger partial charge in [-0.3, -0.25) is 0 Å². The Morgan fingerprint density at radius 1 is 1.25 bits per heavy atom. The molecule has 0 aliphatic heterocycles. The molecule has 0 bridgehead atoms. The van der Waals surface area contributed by atoms with E-state index >= 15 is 0 Å². The maximum absolute atomic E-state index is 6.03. The van der Waals surface area contributed by atoms with E-state index in [1.807, 2.05) is 12.1 Å². The van der Waals surface area contributed by atoms with Crippen molar-refractivity contribution in [2.75, 3.05) is 6.54 Å². The molecule has 0 aromatic heterocycles. The molecule has 0 saturated heterocycles. The van der Waals surface area contributed by atoms with E-state index in [9.17, 15) is 0 Å². The summed E-state index contributed by atoms with van der Waals surface area (Å²) in [5.41, 5.74) is 1.31. The Morgan fingerprint density at radius 2 is 1.94 bits per heavy atom. The molecule has 1 N–H and O–H groups in total. The van der Waals surface area contributed by atoms with Gasteiger partial charge >= 0.3 is 0 Å².